The Bertz CT molecular complexity index is 1210. The maximum atomic E-state index is 13.5. The quantitative estimate of drug-likeness (QED) is 0.435. The van der Waals surface area contributed by atoms with Crippen LogP contribution in [0.1, 0.15) is 89.7 Å². The van der Waals surface area contributed by atoms with Gasteiger partial charge < -0.3 is 9.67 Å². The van der Waals surface area contributed by atoms with Crippen LogP contribution in [0.25, 0.3) is 0 Å². The van der Waals surface area contributed by atoms with E-state index in [1.54, 1.807) is 6.07 Å². The van der Waals surface area contributed by atoms with Gasteiger partial charge in [0.2, 0.25) is 0 Å². The second-order valence-electron chi connectivity index (χ2n) is 9.64. The van der Waals surface area contributed by atoms with Crippen LogP contribution in [0.15, 0.2) is 54.6 Å². The van der Waals surface area contributed by atoms with Gasteiger partial charge in [-0.2, -0.15) is 13.2 Å². The highest BCUT2D eigenvalue weighted by Crippen LogP contribution is 2.48. The lowest BCUT2D eigenvalue weighted by Gasteiger charge is -2.37. The number of carboxylic acids is 1. The van der Waals surface area contributed by atoms with Gasteiger partial charge in [-0.25, -0.2) is 0 Å². The van der Waals surface area contributed by atoms with Gasteiger partial charge in [0.05, 0.1) is 18.0 Å². The largest absolute Gasteiger partial charge is 0.481 e. The highest BCUT2D eigenvalue weighted by atomic mass is 19.4. The van der Waals surface area contributed by atoms with Crippen molar-refractivity contribution in [2.75, 3.05) is 0 Å². The van der Waals surface area contributed by atoms with Crippen LogP contribution in [0, 0.1) is 0 Å². The van der Waals surface area contributed by atoms with Crippen LogP contribution in [-0.4, -0.2) is 15.6 Å². The number of alkyl halides is 3. The van der Waals surface area contributed by atoms with E-state index in [-0.39, 0.29) is 24.3 Å². The zero-order chi connectivity index (χ0) is 24.0. The second kappa shape index (κ2) is 8.64. The van der Waals surface area contributed by atoms with E-state index in [0.717, 1.165) is 60.2 Å². The van der Waals surface area contributed by atoms with Crippen LogP contribution >= 0.6 is 0 Å². The lowest BCUT2D eigenvalue weighted by molar-refractivity contribution is -0.138. The summed E-state index contributed by atoms with van der Waals surface area (Å²) in [6, 6.07) is 16.3. The molecule has 3 nitrogen and oxygen atoms in total. The summed E-state index contributed by atoms with van der Waals surface area (Å²) in [6.45, 7) is 1.97. The summed E-state index contributed by atoms with van der Waals surface area (Å²) in [5, 5.41) is 9.55. The first-order chi connectivity index (χ1) is 16.2. The Balaban J connectivity index is 1.64. The number of nitrogens with zero attached hydrogens (tertiary/aromatic N) is 1. The lowest BCUT2D eigenvalue weighted by atomic mass is 9.82. The molecule has 1 aromatic heterocycles. The molecule has 0 radical (unpaired) electrons. The molecule has 0 spiro atoms. The number of carboxylic acid groups (broad SMARTS) is 1. The molecule has 0 amide bonds. The number of aliphatic carboxylic acids is 1. The Morgan fingerprint density at radius 1 is 1.09 bits per heavy atom. The molecule has 3 unspecified atom stereocenters. The summed E-state index contributed by atoms with van der Waals surface area (Å²) in [6.07, 6.45) is -0.145. The predicted molar refractivity (Wildman–Crippen MR) is 124 cm³/mol. The van der Waals surface area contributed by atoms with Gasteiger partial charge in [0.1, 0.15) is 0 Å². The van der Waals surface area contributed by atoms with Gasteiger partial charge in [0.15, 0.2) is 0 Å². The van der Waals surface area contributed by atoms with Crippen molar-refractivity contribution in [2.24, 2.45) is 0 Å². The molecule has 3 atom stereocenters. The number of hydrogen-bond acceptors (Lipinski definition) is 1. The maximum Gasteiger partial charge on any atom is 0.416 e. The number of benzene rings is 2. The molecular formula is C28H28F3NO2. The molecule has 5 rings (SSSR count). The molecule has 2 aromatic carbocycles. The second-order valence-corrected chi connectivity index (χ2v) is 9.64. The van der Waals surface area contributed by atoms with E-state index in [1.807, 2.05) is 25.1 Å². The van der Waals surface area contributed by atoms with E-state index < -0.39 is 17.7 Å². The number of halogens is 3. The zero-order valence-corrected chi connectivity index (χ0v) is 19.1. The summed E-state index contributed by atoms with van der Waals surface area (Å²) in [7, 11) is 0. The van der Waals surface area contributed by atoms with Crippen LogP contribution in [-0.2, 0) is 23.8 Å². The highest BCUT2D eigenvalue weighted by molar-refractivity contribution is 5.68. The summed E-state index contributed by atoms with van der Waals surface area (Å²) in [5.74, 6) is -1.08. The standard InChI is InChI=1S/C28H28F3NO2/c1-17-23-16-21(28(29,30)31)11-12-22(23)24(13-10-18-6-3-2-4-7-18)32-25(17)14-19-8-5-9-20(27(19)32)15-26(33)34/h2-4,6-7,11-12,14,16-17,20,24H,5,8-10,13,15H2,1H3,(H,33,34). The van der Waals surface area contributed by atoms with Crippen molar-refractivity contribution in [3.8, 4) is 0 Å². The van der Waals surface area contributed by atoms with Gasteiger partial charge in [0, 0.05) is 23.2 Å². The first-order valence-corrected chi connectivity index (χ1v) is 11.9. The number of carbonyl (C=O) groups is 1. The van der Waals surface area contributed by atoms with Gasteiger partial charge in [-0.3, -0.25) is 4.79 Å². The Morgan fingerprint density at radius 2 is 1.85 bits per heavy atom. The fraction of sp³-hybridized carbons (Fsp3) is 0.393. The number of aryl methyl sites for hydroxylation is 2. The molecule has 178 valence electrons. The van der Waals surface area contributed by atoms with Gasteiger partial charge >= 0.3 is 12.1 Å². The van der Waals surface area contributed by atoms with E-state index in [1.165, 1.54) is 17.7 Å². The van der Waals surface area contributed by atoms with Crippen molar-refractivity contribution in [3.05, 3.63) is 93.8 Å². The molecule has 6 heteroatoms. The Hall–Kier alpha value is -3.02. The van der Waals surface area contributed by atoms with Crippen LogP contribution in [0.5, 0.6) is 0 Å². The van der Waals surface area contributed by atoms with Crippen molar-refractivity contribution < 1.29 is 23.1 Å². The molecule has 1 aliphatic heterocycles. The normalized spacial score (nSPS) is 21.5. The first-order valence-electron chi connectivity index (χ1n) is 11.9. The van der Waals surface area contributed by atoms with Crippen LogP contribution < -0.4 is 0 Å². The molecule has 0 saturated carbocycles. The average molecular weight is 468 g/mol. The van der Waals surface area contributed by atoms with Gasteiger partial charge in [-0.1, -0.05) is 43.3 Å². The SMILES string of the molecule is CC1c2cc(C(F)(F)F)ccc2C(CCc2ccccc2)n2c1cc1c2C(CC(=O)O)CCC1. The molecule has 1 N–H and O–H groups in total. The summed E-state index contributed by atoms with van der Waals surface area (Å²) in [5.41, 5.74) is 5.46. The third-order valence-electron chi connectivity index (χ3n) is 7.54. The molecule has 2 aliphatic rings. The van der Waals surface area contributed by atoms with E-state index in [4.69, 9.17) is 0 Å². The molecule has 0 fully saturated rings. The fourth-order valence-electron chi connectivity index (χ4n) is 6.00. The molecule has 2 heterocycles. The molecular weight excluding hydrogens is 439 g/mol. The third kappa shape index (κ3) is 4.04. The zero-order valence-electron chi connectivity index (χ0n) is 19.1. The number of hydrogen-bond donors (Lipinski definition) is 1. The van der Waals surface area contributed by atoms with E-state index >= 15 is 0 Å². The van der Waals surface area contributed by atoms with E-state index in [2.05, 4.69) is 22.8 Å². The van der Waals surface area contributed by atoms with Gasteiger partial charge in [-0.05, 0) is 72.6 Å². The Kier molecular flexibility index (Phi) is 5.78. The molecule has 3 aromatic rings. The van der Waals surface area contributed by atoms with Crippen LogP contribution in [0.3, 0.4) is 0 Å². The molecule has 34 heavy (non-hydrogen) atoms. The molecule has 0 bridgehead atoms. The number of rotatable bonds is 5. The Morgan fingerprint density at radius 3 is 2.56 bits per heavy atom. The molecule has 1 aliphatic carbocycles. The van der Waals surface area contributed by atoms with Crippen molar-refractivity contribution in [3.63, 3.8) is 0 Å². The topological polar surface area (TPSA) is 42.2 Å². The van der Waals surface area contributed by atoms with Crippen LogP contribution in [0.2, 0.25) is 0 Å². The Labute approximate surface area is 197 Å². The highest BCUT2D eigenvalue weighted by Gasteiger charge is 2.39. The van der Waals surface area contributed by atoms with Crippen molar-refractivity contribution >= 4 is 5.97 Å². The smallest absolute Gasteiger partial charge is 0.416 e. The van der Waals surface area contributed by atoms with E-state index in [0.29, 0.717) is 0 Å². The minimum Gasteiger partial charge on any atom is -0.481 e. The van der Waals surface area contributed by atoms with Gasteiger partial charge in [0.25, 0.3) is 0 Å². The monoisotopic (exact) mass is 467 g/mol. The maximum absolute atomic E-state index is 13.5. The average Bonchev–Trinajstić information content (AvgIpc) is 3.19. The van der Waals surface area contributed by atoms with Crippen molar-refractivity contribution in [1.29, 1.82) is 0 Å². The first kappa shape index (κ1) is 22.8. The summed E-state index contributed by atoms with van der Waals surface area (Å²) >= 11 is 0. The van der Waals surface area contributed by atoms with E-state index in [9.17, 15) is 23.1 Å². The minimum atomic E-state index is -4.39. The van der Waals surface area contributed by atoms with Gasteiger partial charge in [-0.15, -0.1) is 0 Å². The van der Waals surface area contributed by atoms with Crippen molar-refractivity contribution in [1.82, 2.24) is 4.57 Å². The van der Waals surface area contributed by atoms with Crippen molar-refractivity contribution in [2.45, 2.75) is 69.5 Å². The lowest BCUT2D eigenvalue weighted by Crippen LogP contribution is -2.27. The predicted octanol–water partition coefficient (Wildman–Crippen LogP) is 7.09. The summed E-state index contributed by atoms with van der Waals surface area (Å²) < 4.78 is 42.9. The third-order valence-corrected chi connectivity index (χ3v) is 7.54. The fourth-order valence-corrected chi connectivity index (χ4v) is 6.00. The van der Waals surface area contributed by atoms with Crippen LogP contribution in [0.4, 0.5) is 13.2 Å². The number of fused-ring (bicyclic) bond motifs is 4. The minimum absolute atomic E-state index is 0.0718. The summed E-state index contributed by atoms with van der Waals surface area (Å²) in [4.78, 5) is 11.6. The number of aromatic nitrogens is 1. The molecule has 0 saturated heterocycles.